The Balaban J connectivity index is 2.24. The first-order chi connectivity index (χ1) is 5.68. The first kappa shape index (κ1) is 9.41. The SMILES string of the molecule is CC(C)COCc1nsc(N)n1. The Morgan fingerprint density at radius 3 is 2.83 bits per heavy atom. The molecule has 0 aliphatic rings. The summed E-state index contributed by atoms with van der Waals surface area (Å²) >= 11 is 1.20. The number of ether oxygens (including phenoxy) is 1. The summed E-state index contributed by atoms with van der Waals surface area (Å²) in [5.74, 6) is 1.22. The van der Waals surface area contributed by atoms with E-state index in [1.807, 2.05) is 0 Å². The van der Waals surface area contributed by atoms with Crippen LogP contribution in [0, 0.1) is 5.92 Å². The van der Waals surface area contributed by atoms with Gasteiger partial charge in [-0.1, -0.05) is 13.8 Å². The van der Waals surface area contributed by atoms with E-state index in [0.29, 0.717) is 23.5 Å². The van der Waals surface area contributed by atoms with Crippen molar-refractivity contribution < 1.29 is 4.74 Å². The monoisotopic (exact) mass is 187 g/mol. The van der Waals surface area contributed by atoms with Crippen LogP contribution in [0.2, 0.25) is 0 Å². The molecule has 5 heteroatoms. The maximum atomic E-state index is 5.40. The first-order valence-corrected chi connectivity index (χ1v) is 4.61. The molecular formula is C7H13N3OS. The fraction of sp³-hybridized carbons (Fsp3) is 0.714. The van der Waals surface area contributed by atoms with Crippen LogP contribution in [0.15, 0.2) is 0 Å². The van der Waals surface area contributed by atoms with Gasteiger partial charge in [-0.3, -0.25) is 0 Å². The lowest BCUT2D eigenvalue weighted by Crippen LogP contribution is -2.02. The zero-order valence-corrected chi connectivity index (χ0v) is 8.10. The zero-order chi connectivity index (χ0) is 8.97. The Kier molecular flexibility index (Phi) is 3.43. The quantitative estimate of drug-likeness (QED) is 0.771. The van der Waals surface area contributed by atoms with E-state index in [0.717, 1.165) is 6.61 Å². The third-order valence-electron chi connectivity index (χ3n) is 1.17. The Hall–Kier alpha value is -0.680. The van der Waals surface area contributed by atoms with Gasteiger partial charge in [-0.2, -0.15) is 4.37 Å². The number of anilines is 1. The molecule has 12 heavy (non-hydrogen) atoms. The van der Waals surface area contributed by atoms with Crippen LogP contribution in [0.1, 0.15) is 19.7 Å². The average Bonchev–Trinajstić information content (AvgIpc) is 2.35. The standard InChI is InChI=1S/C7H13N3OS/c1-5(2)3-11-4-6-9-7(8)12-10-6/h5H,3-4H2,1-2H3,(H2,8,9,10). The molecule has 2 N–H and O–H groups in total. The van der Waals surface area contributed by atoms with Gasteiger partial charge in [-0.05, 0) is 5.92 Å². The Morgan fingerprint density at radius 2 is 2.33 bits per heavy atom. The van der Waals surface area contributed by atoms with Gasteiger partial charge in [-0.15, -0.1) is 0 Å². The summed E-state index contributed by atoms with van der Waals surface area (Å²) in [6.07, 6.45) is 0. The molecule has 0 radical (unpaired) electrons. The predicted octanol–water partition coefficient (Wildman–Crippen LogP) is 1.29. The molecule has 0 aliphatic heterocycles. The van der Waals surface area contributed by atoms with E-state index < -0.39 is 0 Å². The highest BCUT2D eigenvalue weighted by molar-refractivity contribution is 7.09. The lowest BCUT2D eigenvalue weighted by molar-refractivity contribution is 0.0930. The fourth-order valence-corrected chi connectivity index (χ4v) is 1.15. The lowest BCUT2D eigenvalue weighted by Gasteiger charge is -2.03. The van der Waals surface area contributed by atoms with Gasteiger partial charge in [-0.25, -0.2) is 4.98 Å². The van der Waals surface area contributed by atoms with Gasteiger partial charge in [0.25, 0.3) is 0 Å². The zero-order valence-electron chi connectivity index (χ0n) is 7.28. The van der Waals surface area contributed by atoms with Crippen molar-refractivity contribution >= 4 is 16.7 Å². The second-order valence-corrected chi connectivity index (χ2v) is 3.74. The van der Waals surface area contributed by atoms with Crippen LogP contribution >= 0.6 is 11.5 Å². The smallest absolute Gasteiger partial charge is 0.200 e. The summed E-state index contributed by atoms with van der Waals surface area (Å²) in [6, 6.07) is 0. The van der Waals surface area contributed by atoms with E-state index in [4.69, 9.17) is 10.5 Å². The summed E-state index contributed by atoms with van der Waals surface area (Å²) < 4.78 is 9.31. The highest BCUT2D eigenvalue weighted by atomic mass is 32.1. The molecule has 0 atom stereocenters. The average molecular weight is 187 g/mol. The minimum absolute atomic E-state index is 0.464. The molecule has 0 unspecified atom stereocenters. The third kappa shape index (κ3) is 3.15. The molecule has 0 aromatic carbocycles. The molecule has 1 heterocycles. The van der Waals surface area contributed by atoms with Crippen molar-refractivity contribution in [1.29, 1.82) is 0 Å². The molecule has 0 spiro atoms. The molecule has 1 aromatic rings. The molecule has 68 valence electrons. The number of hydrogen-bond acceptors (Lipinski definition) is 5. The van der Waals surface area contributed by atoms with E-state index >= 15 is 0 Å². The van der Waals surface area contributed by atoms with E-state index in [1.54, 1.807) is 0 Å². The molecule has 4 nitrogen and oxygen atoms in total. The molecule has 0 bridgehead atoms. The summed E-state index contributed by atoms with van der Waals surface area (Å²) in [5.41, 5.74) is 5.40. The van der Waals surface area contributed by atoms with Crippen LogP contribution in [0.3, 0.4) is 0 Å². The van der Waals surface area contributed by atoms with Crippen molar-refractivity contribution in [3.05, 3.63) is 5.82 Å². The number of nitrogens with two attached hydrogens (primary N) is 1. The number of hydrogen-bond donors (Lipinski definition) is 1. The van der Waals surface area contributed by atoms with E-state index in [-0.39, 0.29) is 0 Å². The van der Waals surface area contributed by atoms with Crippen LogP contribution in [-0.2, 0) is 11.3 Å². The van der Waals surface area contributed by atoms with Crippen LogP contribution in [0.5, 0.6) is 0 Å². The molecule has 0 aliphatic carbocycles. The number of nitrogens with zero attached hydrogens (tertiary/aromatic N) is 2. The molecular weight excluding hydrogens is 174 g/mol. The second-order valence-electron chi connectivity index (χ2n) is 2.96. The molecule has 1 rings (SSSR count). The van der Waals surface area contributed by atoms with Gasteiger partial charge in [0.05, 0.1) is 0 Å². The van der Waals surface area contributed by atoms with E-state index in [9.17, 15) is 0 Å². The Labute approximate surface area is 75.9 Å². The van der Waals surface area contributed by atoms with Gasteiger partial charge >= 0.3 is 0 Å². The van der Waals surface area contributed by atoms with Crippen LogP contribution < -0.4 is 5.73 Å². The highest BCUT2D eigenvalue weighted by Gasteiger charge is 2.01. The van der Waals surface area contributed by atoms with Gasteiger partial charge in [0.1, 0.15) is 6.61 Å². The second kappa shape index (κ2) is 4.37. The summed E-state index contributed by atoms with van der Waals surface area (Å²) in [4.78, 5) is 3.97. The minimum Gasteiger partial charge on any atom is -0.374 e. The molecule has 0 saturated heterocycles. The van der Waals surface area contributed by atoms with Crippen LogP contribution in [-0.4, -0.2) is 16.0 Å². The topological polar surface area (TPSA) is 61.0 Å². The molecule has 0 fully saturated rings. The normalized spacial score (nSPS) is 10.9. The van der Waals surface area contributed by atoms with E-state index in [1.165, 1.54) is 11.5 Å². The van der Waals surface area contributed by atoms with Crippen LogP contribution in [0.25, 0.3) is 0 Å². The van der Waals surface area contributed by atoms with Gasteiger partial charge < -0.3 is 10.5 Å². The predicted molar refractivity (Wildman–Crippen MR) is 48.8 cm³/mol. The lowest BCUT2D eigenvalue weighted by atomic mass is 10.2. The highest BCUT2D eigenvalue weighted by Crippen LogP contribution is 2.06. The first-order valence-electron chi connectivity index (χ1n) is 3.84. The number of nitrogen functional groups attached to an aromatic ring is 1. The van der Waals surface area contributed by atoms with Crippen LogP contribution in [0.4, 0.5) is 5.13 Å². The number of rotatable bonds is 4. The largest absolute Gasteiger partial charge is 0.374 e. The maximum absolute atomic E-state index is 5.40. The van der Waals surface area contributed by atoms with Gasteiger partial charge in [0.2, 0.25) is 0 Å². The molecule has 0 saturated carbocycles. The van der Waals surface area contributed by atoms with Crippen molar-refractivity contribution in [1.82, 2.24) is 9.36 Å². The fourth-order valence-electron chi connectivity index (χ4n) is 0.712. The molecule has 0 amide bonds. The van der Waals surface area contributed by atoms with Crippen molar-refractivity contribution in [2.45, 2.75) is 20.5 Å². The van der Waals surface area contributed by atoms with Gasteiger partial charge in [0, 0.05) is 18.1 Å². The van der Waals surface area contributed by atoms with Crippen molar-refractivity contribution in [2.75, 3.05) is 12.3 Å². The van der Waals surface area contributed by atoms with Crippen molar-refractivity contribution in [3.8, 4) is 0 Å². The van der Waals surface area contributed by atoms with Crippen molar-refractivity contribution in [2.24, 2.45) is 5.92 Å². The number of aromatic nitrogens is 2. The minimum atomic E-state index is 0.464. The summed E-state index contributed by atoms with van der Waals surface area (Å²) in [5, 5.41) is 0.498. The third-order valence-corrected chi connectivity index (χ3v) is 1.75. The Morgan fingerprint density at radius 1 is 1.58 bits per heavy atom. The Bertz CT molecular complexity index is 236. The van der Waals surface area contributed by atoms with Gasteiger partial charge in [0.15, 0.2) is 11.0 Å². The molecule has 1 aromatic heterocycles. The van der Waals surface area contributed by atoms with Crippen molar-refractivity contribution in [3.63, 3.8) is 0 Å². The van der Waals surface area contributed by atoms with E-state index in [2.05, 4.69) is 23.2 Å². The maximum Gasteiger partial charge on any atom is 0.200 e. The summed E-state index contributed by atoms with van der Waals surface area (Å²) in [6.45, 7) is 5.40. The summed E-state index contributed by atoms with van der Waals surface area (Å²) in [7, 11) is 0.